The van der Waals surface area contributed by atoms with Gasteiger partial charge in [0, 0.05) is 38.3 Å². The summed E-state index contributed by atoms with van der Waals surface area (Å²) in [6.45, 7) is 3.80. The monoisotopic (exact) mass is 414 g/mol. The molecule has 30 heavy (non-hydrogen) atoms. The third-order valence-corrected chi connectivity index (χ3v) is 5.39. The van der Waals surface area contributed by atoms with Crippen LogP contribution in [-0.2, 0) is 6.54 Å². The molecule has 1 aromatic heterocycles. The van der Waals surface area contributed by atoms with E-state index < -0.39 is 6.43 Å². The summed E-state index contributed by atoms with van der Waals surface area (Å²) in [5.41, 5.74) is 2.57. The van der Waals surface area contributed by atoms with E-state index in [0.717, 1.165) is 31.8 Å². The number of aromatic nitrogens is 2. The van der Waals surface area contributed by atoms with Crippen LogP contribution >= 0.6 is 0 Å². The van der Waals surface area contributed by atoms with E-state index in [1.165, 1.54) is 5.56 Å². The molecule has 0 saturated carbocycles. The number of methoxy groups -OCH3 is 1. The predicted octanol–water partition coefficient (Wildman–Crippen LogP) is 3.86. The van der Waals surface area contributed by atoms with E-state index in [1.54, 1.807) is 25.3 Å². The Morgan fingerprint density at radius 2 is 1.93 bits per heavy atom. The van der Waals surface area contributed by atoms with Gasteiger partial charge in [0.05, 0.1) is 18.1 Å². The van der Waals surface area contributed by atoms with Crippen molar-refractivity contribution in [1.29, 1.82) is 0 Å². The number of hydrogen-bond donors (Lipinski definition) is 1. The van der Waals surface area contributed by atoms with Crippen LogP contribution in [0.5, 0.6) is 5.75 Å². The van der Waals surface area contributed by atoms with Gasteiger partial charge in [-0.05, 0) is 42.3 Å². The maximum atomic E-state index is 13.0. The maximum Gasteiger partial charge on any atom is 0.295 e. The summed E-state index contributed by atoms with van der Waals surface area (Å²) in [5, 5.41) is 0. The zero-order valence-corrected chi connectivity index (χ0v) is 16.8. The van der Waals surface area contributed by atoms with Gasteiger partial charge in [0.15, 0.2) is 5.82 Å². The Kier molecular flexibility index (Phi) is 5.94. The Bertz CT molecular complexity index is 1020. The number of hydrogen-bond acceptors (Lipinski definition) is 4. The van der Waals surface area contributed by atoms with Crippen molar-refractivity contribution in [3.8, 4) is 5.75 Å². The van der Waals surface area contributed by atoms with Crippen molar-refractivity contribution >= 4 is 16.9 Å². The number of nitrogens with zero attached hydrogens (tertiary/aromatic N) is 3. The first-order chi connectivity index (χ1) is 14.5. The standard InChI is InChI=1S/C22H24F2N4O2/c1-30-17-6-3-15(4-7-17)14-27-9-2-10-28(12-11-27)22(29)16-5-8-18-19(13-16)26-21(25-18)20(23)24/h3-8,13,20H,2,9-12,14H2,1H3,(H,25,26). The van der Waals surface area contributed by atoms with Crippen LogP contribution in [0.4, 0.5) is 8.78 Å². The molecule has 0 aliphatic carbocycles. The van der Waals surface area contributed by atoms with E-state index in [2.05, 4.69) is 27.0 Å². The second kappa shape index (κ2) is 8.79. The van der Waals surface area contributed by atoms with Gasteiger partial charge in [-0.15, -0.1) is 0 Å². The Balaban J connectivity index is 1.40. The smallest absolute Gasteiger partial charge is 0.295 e. The van der Waals surface area contributed by atoms with Crippen molar-refractivity contribution in [3.63, 3.8) is 0 Å². The molecule has 0 radical (unpaired) electrons. The van der Waals surface area contributed by atoms with Gasteiger partial charge >= 0.3 is 0 Å². The van der Waals surface area contributed by atoms with Gasteiger partial charge in [-0.1, -0.05) is 12.1 Å². The van der Waals surface area contributed by atoms with Gasteiger partial charge in [-0.2, -0.15) is 0 Å². The molecule has 1 aliphatic rings. The highest BCUT2D eigenvalue weighted by atomic mass is 19.3. The first-order valence-corrected chi connectivity index (χ1v) is 9.96. The lowest BCUT2D eigenvalue weighted by Gasteiger charge is -2.22. The quantitative estimate of drug-likeness (QED) is 0.689. The SMILES string of the molecule is COc1ccc(CN2CCCN(C(=O)c3ccc4nc(C(F)F)[nH]c4c3)CC2)cc1. The van der Waals surface area contributed by atoms with E-state index in [9.17, 15) is 13.6 Å². The fraction of sp³-hybridized carbons (Fsp3) is 0.364. The van der Waals surface area contributed by atoms with Crippen molar-refractivity contribution in [3.05, 3.63) is 59.4 Å². The molecule has 6 nitrogen and oxygen atoms in total. The Morgan fingerprint density at radius 1 is 1.13 bits per heavy atom. The molecular formula is C22H24F2N4O2. The third-order valence-electron chi connectivity index (χ3n) is 5.39. The number of aromatic amines is 1. The average Bonchev–Trinajstić information content (AvgIpc) is 3.06. The highest BCUT2D eigenvalue weighted by Crippen LogP contribution is 2.22. The minimum Gasteiger partial charge on any atom is -0.497 e. The summed E-state index contributed by atoms with van der Waals surface area (Å²) in [5.74, 6) is 0.372. The van der Waals surface area contributed by atoms with Gasteiger partial charge < -0.3 is 14.6 Å². The molecule has 2 aromatic carbocycles. The van der Waals surface area contributed by atoms with Gasteiger partial charge in [0.2, 0.25) is 0 Å². The topological polar surface area (TPSA) is 61.5 Å². The molecule has 158 valence electrons. The van der Waals surface area contributed by atoms with Gasteiger partial charge in [-0.3, -0.25) is 9.69 Å². The second-order valence-electron chi connectivity index (χ2n) is 7.42. The molecule has 0 unspecified atom stereocenters. The zero-order chi connectivity index (χ0) is 21.1. The molecule has 1 saturated heterocycles. The van der Waals surface area contributed by atoms with E-state index in [4.69, 9.17) is 4.74 Å². The van der Waals surface area contributed by atoms with Crippen LogP contribution in [0.15, 0.2) is 42.5 Å². The summed E-state index contributed by atoms with van der Waals surface area (Å²) in [4.78, 5) is 23.6. The highest BCUT2D eigenvalue weighted by molar-refractivity contribution is 5.97. The number of benzene rings is 2. The van der Waals surface area contributed by atoms with Crippen molar-refractivity contribution in [1.82, 2.24) is 19.8 Å². The Hall–Kier alpha value is -3.00. The number of nitrogens with one attached hydrogen (secondary N) is 1. The summed E-state index contributed by atoms with van der Waals surface area (Å²) in [6.07, 6.45) is -1.79. The number of carbonyl (C=O) groups is 1. The van der Waals surface area contributed by atoms with Gasteiger partial charge in [0.25, 0.3) is 12.3 Å². The molecule has 1 fully saturated rings. The van der Waals surface area contributed by atoms with E-state index >= 15 is 0 Å². The minimum absolute atomic E-state index is 0.0867. The van der Waals surface area contributed by atoms with Crippen molar-refractivity contribution in [2.75, 3.05) is 33.3 Å². The first kappa shape index (κ1) is 20.3. The average molecular weight is 414 g/mol. The highest BCUT2D eigenvalue weighted by Gasteiger charge is 2.21. The number of carbonyl (C=O) groups excluding carboxylic acids is 1. The molecule has 1 N–H and O–H groups in total. The van der Waals surface area contributed by atoms with Crippen molar-refractivity contribution in [2.45, 2.75) is 19.4 Å². The number of fused-ring (bicyclic) bond motifs is 1. The lowest BCUT2D eigenvalue weighted by Crippen LogP contribution is -2.35. The fourth-order valence-corrected chi connectivity index (χ4v) is 3.77. The lowest BCUT2D eigenvalue weighted by molar-refractivity contribution is 0.0761. The molecule has 1 amide bonds. The summed E-state index contributed by atoms with van der Waals surface area (Å²) in [7, 11) is 1.65. The van der Waals surface area contributed by atoms with Crippen LogP contribution in [0, 0.1) is 0 Å². The fourth-order valence-electron chi connectivity index (χ4n) is 3.77. The Labute approximate surface area is 173 Å². The molecule has 4 rings (SSSR count). The summed E-state index contributed by atoms with van der Waals surface area (Å²) < 4.78 is 30.9. The zero-order valence-electron chi connectivity index (χ0n) is 16.8. The normalized spacial score (nSPS) is 15.5. The molecule has 8 heteroatoms. The number of amides is 1. The lowest BCUT2D eigenvalue weighted by atomic mass is 10.1. The van der Waals surface area contributed by atoms with Gasteiger partial charge in [0.1, 0.15) is 5.75 Å². The van der Waals surface area contributed by atoms with E-state index in [-0.39, 0.29) is 11.7 Å². The molecule has 2 heterocycles. The second-order valence-corrected chi connectivity index (χ2v) is 7.42. The number of halogens is 2. The Morgan fingerprint density at radius 3 is 2.67 bits per heavy atom. The molecule has 0 atom stereocenters. The number of ether oxygens (including phenoxy) is 1. The minimum atomic E-state index is -2.67. The first-order valence-electron chi connectivity index (χ1n) is 9.96. The van der Waals surface area contributed by atoms with Gasteiger partial charge in [-0.25, -0.2) is 13.8 Å². The van der Waals surface area contributed by atoms with E-state index in [1.807, 2.05) is 17.0 Å². The largest absolute Gasteiger partial charge is 0.497 e. The number of H-pyrrole nitrogens is 1. The third kappa shape index (κ3) is 4.43. The van der Waals surface area contributed by atoms with Crippen molar-refractivity contribution < 1.29 is 18.3 Å². The number of alkyl halides is 2. The molecule has 3 aromatic rings. The van der Waals surface area contributed by atoms with Crippen LogP contribution in [0.2, 0.25) is 0 Å². The molecule has 0 bridgehead atoms. The van der Waals surface area contributed by atoms with Crippen LogP contribution in [-0.4, -0.2) is 59.0 Å². The van der Waals surface area contributed by atoms with Crippen molar-refractivity contribution in [2.24, 2.45) is 0 Å². The summed E-state index contributed by atoms with van der Waals surface area (Å²) in [6, 6.07) is 12.9. The predicted molar refractivity (Wildman–Crippen MR) is 110 cm³/mol. The number of rotatable bonds is 5. The number of imidazole rings is 1. The maximum absolute atomic E-state index is 13.0. The molecule has 0 spiro atoms. The summed E-state index contributed by atoms with van der Waals surface area (Å²) >= 11 is 0. The van der Waals surface area contributed by atoms with E-state index in [0.29, 0.717) is 29.7 Å². The van der Waals surface area contributed by atoms with Crippen LogP contribution in [0.25, 0.3) is 11.0 Å². The van der Waals surface area contributed by atoms with Crippen LogP contribution < -0.4 is 4.74 Å². The van der Waals surface area contributed by atoms with Crippen LogP contribution in [0.3, 0.4) is 0 Å². The van der Waals surface area contributed by atoms with Crippen LogP contribution in [0.1, 0.15) is 34.6 Å². The molecular weight excluding hydrogens is 390 g/mol. The molecule has 1 aliphatic heterocycles.